The van der Waals surface area contributed by atoms with Crippen LogP contribution in [0, 0.1) is 5.82 Å². The van der Waals surface area contributed by atoms with Crippen LogP contribution < -0.4 is 9.64 Å². The van der Waals surface area contributed by atoms with Crippen molar-refractivity contribution >= 4 is 11.6 Å². The molecule has 0 fully saturated rings. The Morgan fingerprint density at radius 2 is 2.18 bits per heavy atom. The largest absolute Gasteiger partial charge is 0.489 e. The second-order valence-corrected chi connectivity index (χ2v) is 5.50. The van der Waals surface area contributed by atoms with Gasteiger partial charge in [-0.2, -0.15) is 0 Å². The molecule has 0 N–H and O–H groups in total. The summed E-state index contributed by atoms with van der Waals surface area (Å²) in [5.74, 6) is -0.0330. The Labute approximate surface area is 128 Å². The van der Waals surface area contributed by atoms with Gasteiger partial charge in [0.05, 0.1) is 6.10 Å². The minimum absolute atomic E-state index is 0.0456. The molecule has 1 aliphatic rings. The summed E-state index contributed by atoms with van der Waals surface area (Å²) in [4.78, 5) is 18.6. The molecule has 1 aromatic carbocycles. The van der Waals surface area contributed by atoms with E-state index in [0.29, 0.717) is 18.7 Å². The molecule has 0 saturated heterocycles. The summed E-state index contributed by atoms with van der Waals surface area (Å²) in [5, 5.41) is 0. The van der Waals surface area contributed by atoms with E-state index in [2.05, 4.69) is 4.98 Å². The minimum atomic E-state index is -0.283. The van der Waals surface area contributed by atoms with Crippen LogP contribution in [0.2, 0.25) is 0 Å². The second kappa shape index (κ2) is 5.75. The summed E-state index contributed by atoms with van der Waals surface area (Å²) >= 11 is 0. The molecule has 0 aliphatic carbocycles. The Morgan fingerprint density at radius 3 is 2.95 bits per heavy atom. The number of halogens is 1. The summed E-state index contributed by atoms with van der Waals surface area (Å²) < 4.78 is 18.9. The average molecular weight is 300 g/mol. The molecule has 1 aromatic heterocycles. The normalized spacial score (nSPS) is 13.4. The predicted molar refractivity (Wildman–Crippen MR) is 81.8 cm³/mol. The Bertz CT molecular complexity index is 716. The lowest BCUT2D eigenvalue weighted by atomic mass is 10.1. The van der Waals surface area contributed by atoms with E-state index < -0.39 is 0 Å². The van der Waals surface area contributed by atoms with Crippen LogP contribution in [0.4, 0.5) is 10.1 Å². The third-order valence-corrected chi connectivity index (χ3v) is 3.52. The molecule has 5 heteroatoms. The summed E-state index contributed by atoms with van der Waals surface area (Å²) in [5.41, 5.74) is 1.87. The zero-order valence-electron chi connectivity index (χ0n) is 12.5. The fourth-order valence-electron chi connectivity index (χ4n) is 2.61. The molecule has 0 saturated carbocycles. The molecule has 114 valence electrons. The third-order valence-electron chi connectivity index (χ3n) is 3.52. The van der Waals surface area contributed by atoms with Crippen LogP contribution in [0.15, 0.2) is 36.5 Å². The molecule has 1 amide bonds. The van der Waals surface area contributed by atoms with E-state index in [1.165, 1.54) is 12.1 Å². The molecule has 0 unspecified atom stereocenters. The third kappa shape index (κ3) is 2.66. The smallest absolute Gasteiger partial charge is 0.280 e. The molecule has 0 atom stereocenters. The number of fused-ring (bicyclic) bond motifs is 1. The molecule has 2 heterocycles. The van der Waals surface area contributed by atoms with Gasteiger partial charge in [0.2, 0.25) is 0 Å². The molecule has 0 bridgehead atoms. The topological polar surface area (TPSA) is 42.4 Å². The first-order valence-electron chi connectivity index (χ1n) is 7.28. The number of rotatable bonds is 3. The van der Waals surface area contributed by atoms with Crippen molar-refractivity contribution in [1.29, 1.82) is 0 Å². The van der Waals surface area contributed by atoms with Crippen LogP contribution in [0.5, 0.6) is 5.75 Å². The van der Waals surface area contributed by atoms with Crippen molar-refractivity contribution in [2.45, 2.75) is 26.4 Å². The van der Waals surface area contributed by atoms with Crippen LogP contribution >= 0.6 is 0 Å². The van der Waals surface area contributed by atoms with E-state index in [1.807, 2.05) is 13.8 Å². The number of carbonyl (C=O) groups excluding carboxylic acids is 1. The number of hydrogen-bond donors (Lipinski definition) is 0. The molecule has 1 aliphatic heterocycles. The molecule has 22 heavy (non-hydrogen) atoms. The lowest BCUT2D eigenvalue weighted by Gasteiger charge is -2.19. The molecule has 3 rings (SSSR count). The van der Waals surface area contributed by atoms with Gasteiger partial charge in [-0.1, -0.05) is 0 Å². The van der Waals surface area contributed by atoms with Crippen LogP contribution in [-0.2, 0) is 6.42 Å². The standard InChI is InChI=1S/C17H17FN2O2/c1-11(2)22-15-4-3-8-19-16(15)17(21)20-9-7-12-10-13(18)5-6-14(12)20/h3-6,8,10-11H,7,9H2,1-2H3. The predicted octanol–water partition coefficient (Wildman–Crippen LogP) is 3.21. The Kier molecular flexibility index (Phi) is 3.79. The van der Waals surface area contributed by atoms with Crippen LogP contribution in [0.25, 0.3) is 0 Å². The first-order chi connectivity index (χ1) is 10.6. The molecule has 4 nitrogen and oxygen atoms in total. The highest BCUT2D eigenvalue weighted by molar-refractivity contribution is 6.07. The summed E-state index contributed by atoms with van der Waals surface area (Å²) in [7, 11) is 0. The number of hydrogen-bond acceptors (Lipinski definition) is 3. The number of anilines is 1. The van der Waals surface area contributed by atoms with Gasteiger partial charge < -0.3 is 9.64 Å². The van der Waals surface area contributed by atoms with Crippen molar-refractivity contribution in [3.8, 4) is 5.75 Å². The van der Waals surface area contributed by atoms with Crippen molar-refractivity contribution in [3.63, 3.8) is 0 Å². The van der Waals surface area contributed by atoms with Gasteiger partial charge in [0.1, 0.15) is 5.82 Å². The van der Waals surface area contributed by atoms with Gasteiger partial charge in [0.15, 0.2) is 11.4 Å². The lowest BCUT2D eigenvalue weighted by Crippen LogP contribution is -2.30. The number of benzene rings is 1. The monoisotopic (exact) mass is 300 g/mol. The van der Waals surface area contributed by atoms with E-state index in [4.69, 9.17) is 4.74 Å². The number of pyridine rings is 1. The van der Waals surface area contributed by atoms with E-state index >= 15 is 0 Å². The summed E-state index contributed by atoms with van der Waals surface area (Å²) in [6.07, 6.45) is 2.17. The first kappa shape index (κ1) is 14.5. The lowest BCUT2D eigenvalue weighted by molar-refractivity contribution is 0.0978. The van der Waals surface area contributed by atoms with E-state index in [1.54, 1.807) is 29.3 Å². The Balaban J connectivity index is 1.94. The molecule has 2 aromatic rings. The minimum Gasteiger partial charge on any atom is -0.489 e. The molecule has 0 radical (unpaired) electrons. The Morgan fingerprint density at radius 1 is 1.36 bits per heavy atom. The number of ether oxygens (including phenoxy) is 1. The zero-order chi connectivity index (χ0) is 15.7. The molecule has 0 spiro atoms. The maximum Gasteiger partial charge on any atom is 0.280 e. The fourth-order valence-corrected chi connectivity index (χ4v) is 2.61. The first-order valence-corrected chi connectivity index (χ1v) is 7.28. The zero-order valence-corrected chi connectivity index (χ0v) is 12.5. The maximum atomic E-state index is 13.3. The van der Waals surface area contributed by atoms with Crippen molar-refractivity contribution in [3.05, 3.63) is 53.6 Å². The number of amides is 1. The van der Waals surface area contributed by atoms with Gasteiger partial charge >= 0.3 is 0 Å². The highest BCUT2D eigenvalue weighted by atomic mass is 19.1. The van der Waals surface area contributed by atoms with Crippen molar-refractivity contribution in [2.75, 3.05) is 11.4 Å². The van der Waals surface area contributed by atoms with Crippen LogP contribution in [-0.4, -0.2) is 23.5 Å². The van der Waals surface area contributed by atoms with E-state index in [-0.39, 0.29) is 23.5 Å². The summed E-state index contributed by atoms with van der Waals surface area (Å²) in [6.45, 7) is 4.32. The second-order valence-electron chi connectivity index (χ2n) is 5.50. The highest BCUT2D eigenvalue weighted by Gasteiger charge is 2.28. The quantitative estimate of drug-likeness (QED) is 0.874. The van der Waals surface area contributed by atoms with Gasteiger partial charge in [-0.25, -0.2) is 9.37 Å². The van der Waals surface area contributed by atoms with Gasteiger partial charge in [0, 0.05) is 18.4 Å². The Hall–Kier alpha value is -2.43. The van der Waals surface area contributed by atoms with Crippen molar-refractivity contribution in [1.82, 2.24) is 4.98 Å². The number of nitrogens with zero attached hydrogens (tertiary/aromatic N) is 2. The average Bonchev–Trinajstić information content (AvgIpc) is 2.89. The van der Waals surface area contributed by atoms with Gasteiger partial charge in [-0.3, -0.25) is 4.79 Å². The van der Waals surface area contributed by atoms with E-state index in [9.17, 15) is 9.18 Å². The van der Waals surface area contributed by atoms with Crippen molar-refractivity contribution < 1.29 is 13.9 Å². The van der Waals surface area contributed by atoms with Crippen molar-refractivity contribution in [2.24, 2.45) is 0 Å². The van der Waals surface area contributed by atoms with Gasteiger partial charge in [0.25, 0.3) is 5.91 Å². The van der Waals surface area contributed by atoms with Crippen LogP contribution in [0.1, 0.15) is 29.9 Å². The maximum absolute atomic E-state index is 13.3. The van der Waals surface area contributed by atoms with Gasteiger partial charge in [-0.05, 0) is 56.2 Å². The SMILES string of the molecule is CC(C)Oc1cccnc1C(=O)N1CCc2cc(F)ccc21. The molecular weight excluding hydrogens is 283 g/mol. The van der Waals surface area contributed by atoms with Crippen LogP contribution in [0.3, 0.4) is 0 Å². The summed E-state index contributed by atoms with van der Waals surface area (Å²) in [6, 6.07) is 7.96. The molecular formula is C17H17FN2O2. The van der Waals surface area contributed by atoms with Gasteiger partial charge in [-0.15, -0.1) is 0 Å². The number of carbonyl (C=O) groups is 1. The fraction of sp³-hybridized carbons (Fsp3) is 0.294. The van der Waals surface area contributed by atoms with E-state index in [0.717, 1.165) is 11.3 Å². The highest BCUT2D eigenvalue weighted by Crippen LogP contribution is 2.31. The number of aromatic nitrogens is 1.